The van der Waals surface area contributed by atoms with Gasteiger partial charge in [-0.05, 0) is 54.2 Å². The summed E-state index contributed by atoms with van der Waals surface area (Å²) in [5.41, 5.74) is 2.91. The molecule has 116 valence electrons. The number of benzene rings is 1. The van der Waals surface area contributed by atoms with E-state index in [0.29, 0.717) is 17.9 Å². The fourth-order valence-corrected chi connectivity index (χ4v) is 3.08. The Balaban J connectivity index is 1.55. The van der Waals surface area contributed by atoms with Gasteiger partial charge in [0.1, 0.15) is 0 Å². The summed E-state index contributed by atoms with van der Waals surface area (Å²) in [4.78, 5) is 18.4. The second-order valence-corrected chi connectivity index (χ2v) is 5.92. The quantitative estimate of drug-likeness (QED) is 0.876. The van der Waals surface area contributed by atoms with Gasteiger partial charge in [0, 0.05) is 25.5 Å². The highest BCUT2D eigenvalue weighted by Gasteiger charge is 2.23. The van der Waals surface area contributed by atoms with Crippen molar-refractivity contribution in [2.45, 2.75) is 25.2 Å². The second kappa shape index (κ2) is 7.06. The summed E-state index contributed by atoms with van der Waals surface area (Å²) in [6.45, 7) is 1.62. The first-order valence-electron chi connectivity index (χ1n) is 7.93. The Morgan fingerprint density at radius 3 is 2.39 bits per heavy atom. The number of nitrogens with zero attached hydrogens (tertiary/aromatic N) is 3. The van der Waals surface area contributed by atoms with Gasteiger partial charge in [-0.15, -0.1) is 0 Å². The van der Waals surface area contributed by atoms with Crippen molar-refractivity contribution in [3.8, 4) is 6.07 Å². The fraction of sp³-hybridized carbons (Fsp3) is 0.316. The summed E-state index contributed by atoms with van der Waals surface area (Å²) in [6, 6.07) is 13.5. The van der Waals surface area contributed by atoms with E-state index >= 15 is 0 Å². The lowest BCUT2D eigenvalue weighted by molar-refractivity contribution is -0.131. The van der Waals surface area contributed by atoms with Gasteiger partial charge in [-0.25, -0.2) is 0 Å². The third-order valence-corrected chi connectivity index (χ3v) is 4.46. The molecular formula is C19H19N3O. The predicted octanol–water partition coefficient (Wildman–Crippen LogP) is 2.90. The van der Waals surface area contributed by atoms with Gasteiger partial charge in [0.2, 0.25) is 5.91 Å². The summed E-state index contributed by atoms with van der Waals surface area (Å²) in [6.07, 6.45) is 6.08. The maximum Gasteiger partial charge on any atom is 0.226 e. The standard InChI is InChI=1S/C19H19N3O/c20-14-16-3-1-15(2-4-16)13-19(23)22-11-7-18(8-12-22)17-5-9-21-10-6-17/h1-6,9-10,18H,7-8,11-13H2. The normalized spacial score (nSPS) is 15.2. The molecule has 1 aliphatic heterocycles. The van der Waals surface area contributed by atoms with Crippen molar-refractivity contribution in [1.82, 2.24) is 9.88 Å². The van der Waals surface area contributed by atoms with Gasteiger partial charge < -0.3 is 4.90 Å². The van der Waals surface area contributed by atoms with Gasteiger partial charge in [-0.3, -0.25) is 9.78 Å². The average molecular weight is 305 g/mol. The molecule has 0 atom stereocenters. The van der Waals surface area contributed by atoms with E-state index in [4.69, 9.17) is 5.26 Å². The first-order chi connectivity index (χ1) is 11.3. The molecule has 2 heterocycles. The van der Waals surface area contributed by atoms with Crippen LogP contribution in [-0.4, -0.2) is 28.9 Å². The minimum atomic E-state index is 0.169. The molecular weight excluding hydrogens is 286 g/mol. The van der Waals surface area contributed by atoms with Crippen LogP contribution in [0.15, 0.2) is 48.8 Å². The van der Waals surface area contributed by atoms with Crippen LogP contribution in [-0.2, 0) is 11.2 Å². The lowest BCUT2D eigenvalue weighted by Crippen LogP contribution is -2.38. The maximum atomic E-state index is 12.4. The fourth-order valence-electron chi connectivity index (χ4n) is 3.08. The molecule has 1 aromatic carbocycles. The molecule has 1 aliphatic rings. The lowest BCUT2D eigenvalue weighted by atomic mass is 9.90. The maximum absolute atomic E-state index is 12.4. The molecule has 4 heteroatoms. The smallest absolute Gasteiger partial charge is 0.226 e. The summed E-state index contributed by atoms with van der Waals surface area (Å²) >= 11 is 0. The van der Waals surface area contributed by atoms with Crippen molar-refractivity contribution < 1.29 is 4.79 Å². The predicted molar refractivity (Wildman–Crippen MR) is 87.7 cm³/mol. The summed E-state index contributed by atoms with van der Waals surface area (Å²) in [5, 5.41) is 8.80. The molecule has 0 spiro atoms. The first kappa shape index (κ1) is 15.2. The highest BCUT2D eigenvalue weighted by atomic mass is 16.2. The van der Waals surface area contributed by atoms with Crippen LogP contribution < -0.4 is 0 Å². The van der Waals surface area contributed by atoms with Crippen LogP contribution in [0.3, 0.4) is 0 Å². The number of aromatic nitrogens is 1. The van der Waals surface area contributed by atoms with Crippen LogP contribution in [0.2, 0.25) is 0 Å². The van der Waals surface area contributed by atoms with Crippen molar-refractivity contribution in [2.75, 3.05) is 13.1 Å². The molecule has 0 unspecified atom stereocenters. The number of nitriles is 1. The molecule has 23 heavy (non-hydrogen) atoms. The van der Waals surface area contributed by atoms with Crippen LogP contribution in [0.1, 0.15) is 35.4 Å². The van der Waals surface area contributed by atoms with E-state index in [9.17, 15) is 4.79 Å². The van der Waals surface area contributed by atoms with Crippen molar-refractivity contribution in [3.05, 3.63) is 65.5 Å². The minimum absolute atomic E-state index is 0.169. The summed E-state index contributed by atoms with van der Waals surface area (Å²) < 4.78 is 0. The number of hydrogen-bond acceptors (Lipinski definition) is 3. The Morgan fingerprint density at radius 1 is 1.13 bits per heavy atom. The Labute approximate surface area is 136 Å². The number of hydrogen-bond donors (Lipinski definition) is 0. The van der Waals surface area contributed by atoms with Gasteiger partial charge in [0.05, 0.1) is 18.1 Å². The molecule has 1 aromatic heterocycles. The van der Waals surface area contributed by atoms with Crippen LogP contribution in [0.5, 0.6) is 0 Å². The van der Waals surface area contributed by atoms with Gasteiger partial charge in [-0.2, -0.15) is 5.26 Å². The molecule has 0 radical (unpaired) electrons. The first-order valence-corrected chi connectivity index (χ1v) is 7.93. The van der Waals surface area contributed by atoms with Gasteiger partial charge >= 0.3 is 0 Å². The zero-order valence-corrected chi connectivity index (χ0v) is 13.0. The number of piperidine rings is 1. The van der Waals surface area contributed by atoms with E-state index in [0.717, 1.165) is 31.5 Å². The molecule has 0 N–H and O–H groups in total. The average Bonchev–Trinajstić information content (AvgIpc) is 2.63. The number of likely N-dealkylation sites (tertiary alicyclic amines) is 1. The Morgan fingerprint density at radius 2 is 1.78 bits per heavy atom. The Hall–Kier alpha value is -2.67. The third-order valence-electron chi connectivity index (χ3n) is 4.46. The minimum Gasteiger partial charge on any atom is -0.342 e. The van der Waals surface area contributed by atoms with E-state index in [1.165, 1.54) is 5.56 Å². The van der Waals surface area contributed by atoms with Gasteiger partial charge in [0.15, 0.2) is 0 Å². The summed E-state index contributed by atoms with van der Waals surface area (Å²) in [5.74, 6) is 0.694. The van der Waals surface area contributed by atoms with Crippen molar-refractivity contribution in [3.63, 3.8) is 0 Å². The van der Waals surface area contributed by atoms with Crippen LogP contribution in [0.25, 0.3) is 0 Å². The second-order valence-electron chi connectivity index (χ2n) is 5.92. The van der Waals surface area contributed by atoms with Crippen LogP contribution >= 0.6 is 0 Å². The molecule has 3 rings (SSSR count). The number of rotatable bonds is 3. The molecule has 1 amide bonds. The van der Waals surface area contributed by atoms with Crippen molar-refractivity contribution >= 4 is 5.91 Å². The molecule has 0 bridgehead atoms. The molecule has 1 fully saturated rings. The molecule has 4 nitrogen and oxygen atoms in total. The zero-order chi connectivity index (χ0) is 16.1. The van der Waals surface area contributed by atoms with E-state index < -0.39 is 0 Å². The highest BCUT2D eigenvalue weighted by Crippen LogP contribution is 2.27. The molecule has 1 saturated heterocycles. The van der Waals surface area contributed by atoms with Crippen LogP contribution in [0, 0.1) is 11.3 Å². The Bertz CT molecular complexity index is 696. The number of amides is 1. The van der Waals surface area contributed by atoms with E-state index in [2.05, 4.69) is 23.2 Å². The lowest BCUT2D eigenvalue weighted by Gasteiger charge is -2.32. The largest absolute Gasteiger partial charge is 0.342 e. The molecule has 0 saturated carbocycles. The number of carbonyl (C=O) groups is 1. The van der Waals surface area contributed by atoms with Gasteiger partial charge in [0.25, 0.3) is 0 Å². The third kappa shape index (κ3) is 3.75. The SMILES string of the molecule is N#Cc1ccc(CC(=O)N2CCC(c3ccncc3)CC2)cc1. The van der Waals surface area contributed by atoms with E-state index in [-0.39, 0.29) is 5.91 Å². The summed E-state index contributed by atoms with van der Waals surface area (Å²) in [7, 11) is 0. The monoisotopic (exact) mass is 305 g/mol. The Kier molecular flexibility index (Phi) is 4.68. The number of pyridine rings is 1. The van der Waals surface area contributed by atoms with Crippen LogP contribution in [0.4, 0.5) is 0 Å². The van der Waals surface area contributed by atoms with Crippen molar-refractivity contribution in [2.24, 2.45) is 0 Å². The van der Waals surface area contributed by atoms with Crippen molar-refractivity contribution in [1.29, 1.82) is 5.26 Å². The number of carbonyl (C=O) groups excluding carboxylic acids is 1. The van der Waals surface area contributed by atoms with Gasteiger partial charge in [-0.1, -0.05) is 12.1 Å². The zero-order valence-electron chi connectivity index (χ0n) is 13.0. The van der Waals surface area contributed by atoms with E-state index in [1.807, 2.05) is 29.4 Å². The molecule has 2 aromatic rings. The van der Waals surface area contributed by atoms with E-state index in [1.54, 1.807) is 12.1 Å². The topological polar surface area (TPSA) is 57.0 Å². The molecule has 0 aliphatic carbocycles. The highest BCUT2D eigenvalue weighted by molar-refractivity contribution is 5.79.